The van der Waals surface area contributed by atoms with E-state index >= 15 is 0 Å². The standard InChI is InChI=1S/C20H36N2O/c1-14(2)21-12-11-20(21)10-9-19(23-13-20)18-8-6-16-5-7-17(16)22(18)15(3)4/h14-19H,5-13H2,1-4H3/t16-,17-,18?,19?,20?/m0/s1. The van der Waals surface area contributed by atoms with Crippen molar-refractivity contribution in [2.45, 2.75) is 108 Å². The van der Waals surface area contributed by atoms with Crippen LogP contribution >= 0.6 is 0 Å². The fourth-order valence-electron chi connectivity index (χ4n) is 6.12. The predicted molar refractivity (Wildman–Crippen MR) is 94.7 cm³/mol. The molecular formula is C20H36N2O. The predicted octanol–water partition coefficient (Wildman–Crippen LogP) is 3.67. The molecule has 0 amide bonds. The van der Waals surface area contributed by atoms with Crippen LogP contribution in [0.2, 0.25) is 0 Å². The van der Waals surface area contributed by atoms with E-state index in [-0.39, 0.29) is 0 Å². The van der Waals surface area contributed by atoms with Gasteiger partial charge in [0.05, 0.1) is 12.7 Å². The van der Waals surface area contributed by atoms with E-state index in [2.05, 4.69) is 37.5 Å². The second kappa shape index (κ2) is 6.00. The van der Waals surface area contributed by atoms with Gasteiger partial charge in [0.15, 0.2) is 0 Å². The molecule has 4 aliphatic rings. The Bertz CT molecular complexity index is 427. The van der Waals surface area contributed by atoms with E-state index in [1.54, 1.807) is 0 Å². The lowest BCUT2D eigenvalue weighted by Crippen LogP contribution is -2.68. The van der Waals surface area contributed by atoms with Crippen molar-refractivity contribution in [3.8, 4) is 0 Å². The van der Waals surface area contributed by atoms with Crippen molar-refractivity contribution in [1.82, 2.24) is 9.80 Å². The minimum atomic E-state index is 0.390. The van der Waals surface area contributed by atoms with Gasteiger partial charge in [0.25, 0.3) is 0 Å². The fourth-order valence-corrected chi connectivity index (χ4v) is 6.12. The molecule has 1 saturated carbocycles. The summed E-state index contributed by atoms with van der Waals surface area (Å²) in [5, 5.41) is 0. The molecule has 3 unspecified atom stereocenters. The Morgan fingerprint density at radius 3 is 2.09 bits per heavy atom. The summed E-state index contributed by atoms with van der Waals surface area (Å²) < 4.78 is 6.56. The highest BCUT2D eigenvalue weighted by Gasteiger charge is 2.52. The minimum Gasteiger partial charge on any atom is -0.375 e. The third-order valence-corrected chi connectivity index (χ3v) is 7.51. The summed E-state index contributed by atoms with van der Waals surface area (Å²) in [4.78, 5) is 5.54. The second-order valence-corrected chi connectivity index (χ2v) is 9.24. The SMILES string of the molecule is CC(C)N1C(C2CCC3(CCN3C(C)C)CO2)CC[C@@H]2CC[C@@H]21. The maximum Gasteiger partial charge on any atom is 0.0732 e. The lowest BCUT2D eigenvalue weighted by atomic mass is 9.69. The second-order valence-electron chi connectivity index (χ2n) is 9.24. The third kappa shape index (κ3) is 2.58. The summed E-state index contributed by atoms with van der Waals surface area (Å²) in [6.45, 7) is 11.7. The zero-order valence-electron chi connectivity index (χ0n) is 15.6. The maximum absolute atomic E-state index is 6.56. The molecule has 3 heteroatoms. The number of hydrogen-bond donors (Lipinski definition) is 0. The van der Waals surface area contributed by atoms with Gasteiger partial charge in [0.1, 0.15) is 0 Å². The van der Waals surface area contributed by atoms with Crippen LogP contribution < -0.4 is 0 Å². The molecule has 1 spiro atoms. The van der Waals surface area contributed by atoms with Crippen molar-refractivity contribution in [1.29, 1.82) is 0 Å². The van der Waals surface area contributed by atoms with Gasteiger partial charge in [0, 0.05) is 36.3 Å². The van der Waals surface area contributed by atoms with Gasteiger partial charge in [-0.1, -0.05) is 0 Å². The quantitative estimate of drug-likeness (QED) is 0.789. The highest BCUT2D eigenvalue weighted by Crippen LogP contribution is 2.46. The highest BCUT2D eigenvalue weighted by molar-refractivity contribution is 5.06. The Morgan fingerprint density at radius 1 is 0.870 bits per heavy atom. The summed E-state index contributed by atoms with van der Waals surface area (Å²) in [7, 11) is 0. The first-order valence-corrected chi connectivity index (χ1v) is 10.2. The summed E-state index contributed by atoms with van der Waals surface area (Å²) >= 11 is 0. The molecule has 4 fully saturated rings. The van der Waals surface area contributed by atoms with E-state index in [0.29, 0.717) is 29.8 Å². The lowest BCUT2D eigenvalue weighted by Gasteiger charge is -2.60. The summed E-state index contributed by atoms with van der Waals surface area (Å²) in [6, 6.07) is 2.88. The van der Waals surface area contributed by atoms with E-state index in [1.807, 2.05) is 0 Å². The average Bonchev–Trinajstić information content (AvgIpc) is 2.46. The van der Waals surface area contributed by atoms with Gasteiger partial charge in [-0.25, -0.2) is 0 Å². The number of ether oxygens (including phenoxy) is 1. The first-order chi connectivity index (χ1) is 11.0. The van der Waals surface area contributed by atoms with Gasteiger partial charge < -0.3 is 4.74 Å². The van der Waals surface area contributed by atoms with E-state index < -0.39 is 0 Å². The molecule has 0 bridgehead atoms. The van der Waals surface area contributed by atoms with Crippen LogP contribution in [0.25, 0.3) is 0 Å². The maximum atomic E-state index is 6.56. The molecule has 0 aromatic heterocycles. The van der Waals surface area contributed by atoms with E-state index in [4.69, 9.17) is 4.74 Å². The summed E-state index contributed by atoms with van der Waals surface area (Å²) in [5.74, 6) is 0.992. The van der Waals surface area contributed by atoms with Crippen molar-refractivity contribution in [3.05, 3.63) is 0 Å². The Balaban J connectivity index is 1.41. The number of fused-ring (bicyclic) bond motifs is 1. The van der Waals surface area contributed by atoms with Gasteiger partial charge in [-0.15, -0.1) is 0 Å². The molecule has 3 heterocycles. The van der Waals surface area contributed by atoms with Gasteiger partial charge in [0.2, 0.25) is 0 Å². The van der Waals surface area contributed by atoms with Crippen LogP contribution in [0.1, 0.15) is 72.6 Å². The zero-order chi connectivity index (χ0) is 16.2. The topological polar surface area (TPSA) is 15.7 Å². The van der Waals surface area contributed by atoms with Gasteiger partial charge in [-0.2, -0.15) is 0 Å². The van der Waals surface area contributed by atoms with Crippen LogP contribution in [-0.4, -0.2) is 58.8 Å². The molecule has 1 aliphatic carbocycles. The van der Waals surface area contributed by atoms with Crippen LogP contribution in [0.15, 0.2) is 0 Å². The fraction of sp³-hybridized carbons (Fsp3) is 1.00. The Hall–Kier alpha value is -0.120. The number of piperidine rings is 1. The highest BCUT2D eigenvalue weighted by atomic mass is 16.5. The van der Waals surface area contributed by atoms with Crippen molar-refractivity contribution >= 4 is 0 Å². The molecule has 132 valence electrons. The van der Waals surface area contributed by atoms with Crippen molar-refractivity contribution < 1.29 is 4.74 Å². The molecule has 0 aromatic rings. The Kier molecular flexibility index (Phi) is 4.26. The molecule has 0 N–H and O–H groups in total. The van der Waals surface area contributed by atoms with Crippen LogP contribution in [0.5, 0.6) is 0 Å². The van der Waals surface area contributed by atoms with E-state index in [0.717, 1.165) is 18.6 Å². The van der Waals surface area contributed by atoms with Gasteiger partial charge >= 0.3 is 0 Å². The summed E-state index contributed by atoms with van der Waals surface area (Å²) in [6.07, 6.45) is 10.2. The molecule has 0 aromatic carbocycles. The minimum absolute atomic E-state index is 0.390. The van der Waals surface area contributed by atoms with Crippen LogP contribution in [0.3, 0.4) is 0 Å². The molecule has 4 rings (SSSR count). The Morgan fingerprint density at radius 2 is 1.61 bits per heavy atom. The number of likely N-dealkylation sites (tertiary alicyclic amines) is 2. The average molecular weight is 321 g/mol. The first-order valence-electron chi connectivity index (χ1n) is 10.2. The molecular weight excluding hydrogens is 284 g/mol. The molecule has 3 nitrogen and oxygen atoms in total. The molecule has 23 heavy (non-hydrogen) atoms. The molecule has 5 atom stereocenters. The normalized spacial score (nSPS) is 45.1. The number of nitrogens with zero attached hydrogens (tertiary/aromatic N) is 2. The largest absolute Gasteiger partial charge is 0.375 e. The number of rotatable bonds is 3. The van der Waals surface area contributed by atoms with Crippen LogP contribution in [-0.2, 0) is 4.74 Å². The molecule has 3 saturated heterocycles. The zero-order valence-corrected chi connectivity index (χ0v) is 15.6. The van der Waals surface area contributed by atoms with E-state index in [9.17, 15) is 0 Å². The number of hydrogen-bond acceptors (Lipinski definition) is 3. The van der Waals surface area contributed by atoms with E-state index in [1.165, 1.54) is 51.5 Å². The lowest BCUT2D eigenvalue weighted by molar-refractivity contribution is -0.178. The van der Waals surface area contributed by atoms with Gasteiger partial charge in [-0.3, -0.25) is 9.80 Å². The molecule has 3 aliphatic heterocycles. The summed E-state index contributed by atoms with van der Waals surface area (Å²) in [5.41, 5.74) is 0.390. The van der Waals surface area contributed by atoms with Crippen molar-refractivity contribution in [3.63, 3.8) is 0 Å². The van der Waals surface area contributed by atoms with Crippen LogP contribution in [0, 0.1) is 5.92 Å². The smallest absolute Gasteiger partial charge is 0.0732 e. The third-order valence-electron chi connectivity index (χ3n) is 7.51. The van der Waals surface area contributed by atoms with Crippen molar-refractivity contribution in [2.24, 2.45) is 5.92 Å². The van der Waals surface area contributed by atoms with Crippen LogP contribution in [0.4, 0.5) is 0 Å². The van der Waals surface area contributed by atoms with Gasteiger partial charge in [-0.05, 0) is 78.6 Å². The first kappa shape index (κ1) is 16.4. The molecule has 0 radical (unpaired) electrons. The Labute approximate surface area is 142 Å². The monoisotopic (exact) mass is 320 g/mol. The van der Waals surface area contributed by atoms with Crippen molar-refractivity contribution in [2.75, 3.05) is 13.2 Å².